The van der Waals surface area contributed by atoms with E-state index in [-0.39, 0.29) is 23.6 Å². The van der Waals surface area contributed by atoms with Crippen molar-refractivity contribution in [1.82, 2.24) is 24.5 Å². The van der Waals surface area contributed by atoms with Crippen LogP contribution in [0.4, 0.5) is 0 Å². The number of amides is 3. The van der Waals surface area contributed by atoms with Gasteiger partial charge < -0.3 is 24.3 Å². The van der Waals surface area contributed by atoms with Gasteiger partial charge in [-0.1, -0.05) is 42.5 Å². The first kappa shape index (κ1) is 28.2. The molecule has 2 aliphatic rings. The minimum Gasteiger partial charge on any atom is -0.494 e. The molecule has 0 aliphatic carbocycles. The Hall–Kier alpha value is -4.92. The number of nitrogens with one attached hydrogen (secondary N) is 1. The van der Waals surface area contributed by atoms with Crippen LogP contribution in [0.1, 0.15) is 39.5 Å². The van der Waals surface area contributed by atoms with E-state index in [1.807, 2.05) is 84.3 Å². The maximum Gasteiger partial charge on any atom is 0.274 e. The highest BCUT2D eigenvalue weighted by atomic mass is 16.5. The van der Waals surface area contributed by atoms with E-state index in [1.54, 1.807) is 28.1 Å². The van der Waals surface area contributed by atoms with E-state index in [1.165, 1.54) is 0 Å². The third-order valence-corrected chi connectivity index (χ3v) is 8.12. The Morgan fingerprint density at radius 1 is 0.977 bits per heavy atom. The number of nitrogens with zero attached hydrogens (tertiary/aromatic N) is 4. The normalized spacial score (nSPS) is 19.5. The number of pyridine rings is 1. The molecule has 2 aromatic heterocycles. The van der Waals surface area contributed by atoms with Crippen LogP contribution in [0.3, 0.4) is 0 Å². The molecule has 0 unspecified atom stereocenters. The lowest BCUT2D eigenvalue weighted by atomic mass is 9.88. The summed E-state index contributed by atoms with van der Waals surface area (Å²) in [5.74, 6) is -0.362. The summed E-state index contributed by atoms with van der Waals surface area (Å²) in [4.78, 5) is 48.3. The van der Waals surface area contributed by atoms with Gasteiger partial charge in [0, 0.05) is 57.1 Å². The smallest absolute Gasteiger partial charge is 0.274 e. The van der Waals surface area contributed by atoms with Crippen LogP contribution in [0.15, 0.2) is 85.2 Å². The van der Waals surface area contributed by atoms with E-state index >= 15 is 0 Å². The minimum absolute atomic E-state index is 0.131. The van der Waals surface area contributed by atoms with Crippen molar-refractivity contribution in [1.29, 1.82) is 0 Å². The average Bonchev–Trinajstić information content (AvgIpc) is 3.66. The van der Waals surface area contributed by atoms with E-state index in [2.05, 4.69) is 10.3 Å². The molecule has 43 heavy (non-hydrogen) atoms. The second-order valence-electron chi connectivity index (χ2n) is 11.2. The molecule has 0 spiro atoms. The third kappa shape index (κ3) is 6.45. The highest BCUT2D eigenvalue weighted by Gasteiger charge is 2.40. The predicted molar refractivity (Wildman–Crippen MR) is 164 cm³/mol. The molecule has 1 N–H and O–H groups in total. The summed E-state index contributed by atoms with van der Waals surface area (Å²) in [5.41, 5.74) is 4.05. The monoisotopic (exact) mass is 577 g/mol. The lowest BCUT2D eigenvalue weighted by Gasteiger charge is -2.24. The SMILES string of the molecule is Cc1ccn2cc(C(=O)N3CCCOc4cccc(c4)[C@H]4CN(C(=O)/C=C/c5ccccc5)C[C@@H]4C(=O)NCC3)nc2c1. The number of ether oxygens (including phenoxy) is 1. The molecule has 0 saturated carbocycles. The summed E-state index contributed by atoms with van der Waals surface area (Å²) >= 11 is 0. The molecule has 0 radical (unpaired) electrons. The summed E-state index contributed by atoms with van der Waals surface area (Å²) in [5, 5.41) is 3.06. The molecule has 4 heterocycles. The van der Waals surface area contributed by atoms with Crippen molar-refractivity contribution in [2.45, 2.75) is 19.3 Å². The van der Waals surface area contributed by atoms with E-state index < -0.39 is 5.92 Å². The first-order chi connectivity index (χ1) is 20.9. The molecule has 1 saturated heterocycles. The fourth-order valence-corrected chi connectivity index (χ4v) is 5.81. The number of hydrogen-bond acceptors (Lipinski definition) is 5. The number of hydrogen-bond donors (Lipinski definition) is 1. The fraction of sp³-hybridized carbons (Fsp3) is 0.294. The number of carbonyl (C=O) groups is 3. The molecule has 2 aliphatic heterocycles. The molecule has 2 aromatic carbocycles. The molecule has 1 fully saturated rings. The van der Waals surface area contributed by atoms with Gasteiger partial charge in [-0.2, -0.15) is 0 Å². The minimum atomic E-state index is -0.432. The topological polar surface area (TPSA) is 96.3 Å². The highest BCUT2D eigenvalue weighted by Crippen LogP contribution is 2.35. The summed E-state index contributed by atoms with van der Waals surface area (Å²) in [6, 6.07) is 21.3. The number of aromatic nitrogens is 2. The van der Waals surface area contributed by atoms with Crippen LogP contribution >= 0.6 is 0 Å². The highest BCUT2D eigenvalue weighted by molar-refractivity contribution is 5.94. The molecule has 6 rings (SSSR count). The molecule has 2 bridgehead atoms. The molecule has 4 aromatic rings. The van der Waals surface area contributed by atoms with Crippen LogP contribution in [0, 0.1) is 12.8 Å². The number of rotatable bonds is 3. The number of carbonyl (C=O) groups excluding carboxylic acids is 3. The van der Waals surface area contributed by atoms with E-state index in [0.29, 0.717) is 62.8 Å². The first-order valence-corrected chi connectivity index (χ1v) is 14.7. The van der Waals surface area contributed by atoms with Gasteiger partial charge in [0.2, 0.25) is 11.8 Å². The van der Waals surface area contributed by atoms with Crippen molar-refractivity contribution in [2.75, 3.05) is 39.3 Å². The first-order valence-electron chi connectivity index (χ1n) is 14.7. The van der Waals surface area contributed by atoms with Gasteiger partial charge in [0.25, 0.3) is 5.91 Å². The van der Waals surface area contributed by atoms with Gasteiger partial charge in [0.05, 0.1) is 12.5 Å². The molecule has 220 valence electrons. The zero-order valence-corrected chi connectivity index (χ0v) is 24.2. The standard InChI is InChI=1S/C34H35N5O4/c1-24-13-16-38-23-30(36-31(38)19-24)34(42)37-15-6-18-43-27-10-5-9-26(20-27)28-21-39(22-29(28)33(41)35-14-17-37)32(40)12-11-25-7-3-2-4-8-25/h2-5,7-13,16,19-20,23,28-29H,6,14-15,17-18,21-22H2,1H3,(H,35,41)/b12-11+/t28-,29+/m1/s1. The Balaban J connectivity index is 1.20. The van der Waals surface area contributed by atoms with E-state index in [9.17, 15) is 14.4 Å². The maximum absolute atomic E-state index is 13.6. The zero-order chi connectivity index (χ0) is 29.8. The molecule has 2 atom stereocenters. The van der Waals surface area contributed by atoms with E-state index in [0.717, 1.165) is 16.7 Å². The van der Waals surface area contributed by atoms with Crippen LogP contribution in [0.25, 0.3) is 11.7 Å². The van der Waals surface area contributed by atoms with Gasteiger partial charge in [0.15, 0.2) is 0 Å². The number of fused-ring (bicyclic) bond motifs is 5. The Morgan fingerprint density at radius 2 is 1.81 bits per heavy atom. The molecular formula is C34H35N5O4. The lowest BCUT2D eigenvalue weighted by Crippen LogP contribution is -2.42. The van der Waals surface area contributed by atoms with Crippen molar-refractivity contribution in [3.05, 3.63) is 108 Å². The second kappa shape index (κ2) is 12.5. The van der Waals surface area contributed by atoms with E-state index in [4.69, 9.17) is 4.74 Å². The van der Waals surface area contributed by atoms with Crippen molar-refractivity contribution >= 4 is 29.4 Å². The average molecular weight is 578 g/mol. The number of likely N-dealkylation sites (tertiary alicyclic amines) is 1. The van der Waals surface area contributed by atoms with Gasteiger partial charge >= 0.3 is 0 Å². The van der Waals surface area contributed by atoms with Crippen molar-refractivity contribution in [3.8, 4) is 5.75 Å². The number of benzene rings is 2. The predicted octanol–water partition coefficient (Wildman–Crippen LogP) is 3.94. The van der Waals surface area contributed by atoms with Crippen LogP contribution < -0.4 is 10.1 Å². The van der Waals surface area contributed by atoms with Gasteiger partial charge in [-0.05, 0) is 60.4 Å². The zero-order valence-electron chi connectivity index (χ0n) is 24.2. The molecule has 9 nitrogen and oxygen atoms in total. The fourth-order valence-electron chi connectivity index (χ4n) is 5.81. The Labute approximate surface area is 250 Å². The summed E-state index contributed by atoms with van der Waals surface area (Å²) in [7, 11) is 0. The summed E-state index contributed by atoms with van der Waals surface area (Å²) in [6.07, 6.45) is 7.62. The quantitative estimate of drug-likeness (QED) is 0.372. The van der Waals surface area contributed by atoms with Gasteiger partial charge in [-0.3, -0.25) is 14.4 Å². The van der Waals surface area contributed by atoms with Gasteiger partial charge in [-0.25, -0.2) is 4.98 Å². The summed E-state index contributed by atoms with van der Waals surface area (Å²) in [6.45, 7) is 4.25. The molecule has 3 amide bonds. The lowest BCUT2D eigenvalue weighted by molar-refractivity contribution is -0.126. The Kier molecular flexibility index (Phi) is 8.22. The molecular weight excluding hydrogens is 542 g/mol. The number of aryl methyl sites for hydroxylation is 1. The Bertz CT molecular complexity index is 1660. The largest absolute Gasteiger partial charge is 0.494 e. The van der Waals surface area contributed by atoms with Crippen LogP contribution in [0.5, 0.6) is 5.75 Å². The third-order valence-electron chi connectivity index (χ3n) is 8.12. The van der Waals surface area contributed by atoms with Gasteiger partial charge in [0.1, 0.15) is 17.1 Å². The molecule has 9 heteroatoms. The van der Waals surface area contributed by atoms with Crippen molar-refractivity contribution in [2.24, 2.45) is 5.92 Å². The number of imidazole rings is 1. The summed E-state index contributed by atoms with van der Waals surface area (Å²) < 4.78 is 7.91. The Morgan fingerprint density at radius 3 is 2.67 bits per heavy atom. The van der Waals surface area contributed by atoms with Gasteiger partial charge in [-0.15, -0.1) is 0 Å². The van der Waals surface area contributed by atoms with Crippen LogP contribution in [-0.2, 0) is 9.59 Å². The maximum atomic E-state index is 13.6. The van der Waals surface area contributed by atoms with Crippen LogP contribution in [-0.4, -0.2) is 76.2 Å². The van der Waals surface area contributed by atoms with Crippen LogP contribution in [0.2, 0.25) is 0 Å². The second-order valence-corrected chi connectivity index (χ2v) is 11.2. The van der Waals surface area contributed by atoms with Crippen molar-refractivity contribution in [3.63, 3.8) is 0 Å². The van der Waals surface area contributed by atoms with Crippen molar-refractivity contribution < 1.29 is 19.1 Å².